The number of carbonyl (C=O) groups is 1. The molecule has 1 fully saturated rings. The molecule has 1 amide bonds. The molecular weight excluding hydrogens is 256 g/mol. The number of likely N-dealkylation sites (tertiary alicyclic amines) is 1. The number of aryl methyl sites for hydroxylation is 1. The number of piperidine rings is 1. The molecule has 0 atom stereocenters. The zero-order valence-electron chi connectivity index (χ0n) is 12.8. The molecule has 20 heavy (non-hydrogen) atoms. The first-order valence-electron chi connectivity index (χ1n) is 7.26. The van der Waals surface area contributed by atoms with Crippen LogP contribution in [0.1, 0.15) is 38.1 Å². The van der Waals surface area contributed by atoms with Gasteiger partial charge >= 0.3 is 0 Å². The van der Waals surface area contributed by atoms with E-state index in [4.69, 9.17) is 0 Å². The van der Waals surface area contributed by atoms with Gasteiger partial charge < -0.3 is 9.80 Å². The highest BCUT2D eigenvalue weighted by atomic mass is 16.6. The van der Waals surface area contributed by atoms with Crippen LogP contribution in [0.4, 0.5) is 0 Å². The predicted molar refractivity (Wildman–Crippen MR) is 75.2 cm³/mol. The van der Waals surface area contributed by atoms with E-state index in [9.17, 15) is 4.79 Å². The molecule has 1 aromatic heterocycles. The number of hydrogen-bond acceptors (Lipinski definition) is 5. The van der Waals surface area contributed by atoms with Crippen LogP contribution >= 0.6 is 0 Å². The zero-order valence-corrected chi connectivity index (χ0v) is 12.8. The summed E-state index contributed by atoms with van der Waals surface area (Å²) >= 11 is 0. The molecule has 2 rings (SSSR count). The van der Waals surface area contributed by atoms with Crippen molar-refractivity contribution < 1.29 is 9.42 Å². The summed E-state index contributed by atoms with van der Waals surface area (Å²) in [4.78, 5) is 16.6. The van der Waals surface area contributed by atoms with Gasteiger partial charge in [-0.3, -0.25) is 4.79 Å². The van der Waals surface area contributed by atoms with Crippen LogP contribution in [0.15, 0.2) is 4.63 Å². The standard InChI is InChI=1S/C14H24N4O2/c1-10(2)18-7-5-12(6-8-18)17(4)14(19)9-13-11(3)15-20-16-13/h10,12H,5-9H2,1-4H3. The quantitative estimate of drug-likeness (QED) is 0.830. The molecule has 0 radical (unpaired) electrons. The van der Waals surface area contributed by atoms with Gasteiger partial charge in [0.15, 0.2) is 0 Å². The third kappa shape index (κ3) is 3.36. The number of nitrogens with zero attached hydrogens (tertiary/aromatic N) is 4. The molecule has 6 nitrogen and oxygen atoms in total. The highest BCUT2D eigenvalue weighted by Crippen LogP contribution is 2.18. The van der Waals surface area contributed by atoms with Gasteiger partial charge in [0.05, 0.1) is 6.42 Å². The van der Waals surface area contributed by atoms with Crippen LogP contribution in [-0.4, -0.2) is 58.2 Å². The second-order valence-electron chi connectivity index (χ2n) is 5.84. The van der Waals surface area contributed by atoms with Crippen molar-refractivity contribution in [2.24, 2.45) is 0 Å². The van der Waals surface area contributed by atoms with Crippen molar-refractivity contribution in [2.45, 2.75) is 52.1 Å². The lowest BCUT2D eigenvalue weighted by molar-refractivity contribution is -0.132. The topological polar surface area (TPSA) is 62.5 Å². The van der Waals surface area contributed by atoms with Crippen LogP contribution in [0.5, 0.6) is 0 Å². The smallest absolute Gasteiger partial charge is 0.228 e. The number of rotatable bonds is 4. The van der Waals surface area contributed by atoms with Crippen molar-refractivity contribution in [3.8, 4) is 0 Å². The summed E-state index contributed by atoms with van der Waals surface area (Å²) in [5.41, 5.74) is 1.34. The summed E-state index contributed by atoms with van der Waals surface area (Å²) in [5, 5.41) is 7.48. The average molecular weight is 280 g/mol. The molecule has 0 bridgehead atoms. The van der Waals surface area contributed by atoms with Crippen LogP contribution in [0.25, 0.3) is 0 Å². The Morgan fingerprint density at radius 1 is 1.40 bits per heavy atom. The monoisotopic (exact) mass is 280 g/mol. The van der Waals surface area contributed by atoms with Crippen molar-refractivity contribution in [1.82, 2.24) is 20.1 Å². The molecule has 0 saturated carbocycles. The lowest BCUT2D eigenvalue weighted by Crippen LogP contribution is -2.47. The Bertz CT molecular complexity index is 450. The fraction of sp³-hybridized carbons (Fsp3) is 0.786. The third-order valence-electron chi connectivity index (χ3n) is 4.24. The Kier molecular flexibility index (Phi) is 4.75. The van der Waals surface area contributed by atoms with E-state index >= 15 is 0 Å². The van der Waals surface area contributed by atoms with Crippen molar-refractivity contribution in [3.05, 3.63) is 11.4 Å². The van der Waals surface area contributed by atoms with E-state index < -0.39 is 0 Å². The van der Waals surface area contributed by atoms with Gasteiger partial charge in [0.1, 0.15) is 11.4 Å². The maximum Gasteiger partial charge on any atom is 0.228 e. The van der Waals surface area contributed by atoms with Crippen LogP contribution in [-0.2, 0) is 11.2 Å². The minimum absolute atomic E-state index is 0.0896. The van der Waals surface area contributed by atoms with Crippen LogP contribution in [0, 0.1) is 6.92 Å². The van der Waals surface area contributed by atoms with Gasteiger partial charge in [-0.25, -0.2) is 4.63 Å². The van der Waals surface area contributed by atoms with Gasteiger partial charge in [-0.05, 0) is 33.6 Å². The van der Waals surface area contributed by atoms with E-state index in [1.807, 2.05) is 11.9 Å². The molecule has 0 aliphatic carbocycles. The Morgan fingerprint density at radius 2 is 2.05 bits per heavy atom. The average Bonchev–Trinajstić information content (AvgIpc) is 2.83. The van der Waals surface area contributed by atoms with Gasteiger partial charge in [0, 0.05) is 32.2 Å². The summed E-state index contributed by atoms with van der Waals surface area (Å²) in [6.07, 6.45) is 2.35. The first-order chi connectivity index (χ1) is 9.49. The molecule has 112 valence electrons. The summed E-state index contributed by atoms with van der Waals surface area (Å²) in [7, 11) is 1.89. The van der Waals surface area contributed by atoms with Crippen LogP contribution in [0.2, 0.25) is 0 Å². The fourth-order valence-corrected chi connectivity index (χ4v) is 2.67. The van der Waals surface area contributed by atoms with Crippen molar-refractivity contribution in [2.75, 3.05) is 20.1 Å². The minimum atomic E-state index is 0.0896. The van der Waals surface area contributed by atoms with Gasteiger partial charge in [0.25, 0.3) is 0 Å². The van der Waals surface area contributed by atoms with E-state index in [2.05, 4.69) is 33.7 Å². The largest absolute Gasteiger partial charge is 0.342 e. The van der Waals surface area contributed by atoms with E-state index in [1.54, 1.807) is 6.92 Å². The Labute approximate surface area is 120 Å². The van der Waals surface area contributed by atoms with Crippen LogP contribution in [0.3, 0.4) is 0 Å². The first kappa shape index (κ1) is 15.0. The molecule has 6 heteroatoms. The molecule has 1 saturated heterocycles. The molecule has 1 aromatic rings. The molecule has 0 spiro atoms. The lowest BCUT2D eigenvalue weighted by Gasteiger charge is -2.38. The maximum atomic E-state index is 12.3. The number of amides is 1. The summed E-state index contributed by atoms with van der Waals surface area (Å²) in [6.45, 7) is 8.36. The highest BCUT2D eigenvalue weighted by molar-refractivity contribution is 5.78. The predicted octanol–water partition coefficient (Wildman–Crippen LogP) is 1.25. The first-order valence-corrected chi connectivity index (χ1v) is 7.26. The Hall–Kier alpha value is -1.43. The molecule has 1 aliphatic heterocycles. The molecule has 1 aliphatic rings. The van der Waals surface area contributed by atoms with Crippen molar-refractivity contribution in [1.29, 1.82) is 0 Å². The Balaban J connectivity index is 1.87. The molecule has 0 N–H and O–H groups in total. The van der Waals surface area contributed by atoms with E-state index in [-0.39, 0.29) is 12.3 Å². The third-order valence-corrected chi connectivity index (χ3v) is 4.24. The Morgan fingerprint density at radius 3 is 2.55 bits per heavy atom. The van der Waals surface area contributed by atoms with E-state index in [0.717, 1.165) is 25.9 Å². The summed E-state index contributed by atoms with van der Waals surface area (Å²) < 4.78 is 4.63. The van der Waals surface area contributed by atoms with Gasteiger partial charge in [-0.1, -0.05) is 10.3 Å². The second kappa shape index (κ2) is 6.35. The number of aromatic nitrogens is 2. The van der Waals surface area contributed by atoms with Gasteiger partial charge in [0.2, 0.25) is 5.91 Å². The summed E-state index contributed by atoms with van der Waals surface area (Å²) in [6, 6.07) is 0.915. The molecule has 0 unspecified atom stereocenters. The van der Waals surface area contributed by atoms with Crippen LogP contribution < -0.4 is 0 Å². The highest BCUT2D eigenvalue weighted by Gasteiger charge is 2.27. The SMILES string of the molecule is Cc1nonc1CC(=O)N(C)C1CCN(C(C)C)CC1. The van der Waals surface area contributed by atoms with Gasteiger partial charge in [-0.15, -0.1) is 0 Å². The molecular formula is C14H24N4O2. The number of likely N-dealkylation sites (N-methyl/N-ethyl adjacent to an activating group) is 1. The van der Waals surface area contributed by atoms with E-state index in [0.29, 0.717) is 23.5 Å². The summed E-state index contributed by atoms with van der Waals surface area (Å²) in [5.74, 6) is 0.0896. The minimum Gasteiger partial charge on any atom is -0.342 e. The fourth-order valence-electron chi connectivity index (χ4n) is 2.67. The number of carbonyl (C=O) groups excluding carboxylic acids is 1. The van der Waals surface area contributed by atoms with Gasteiger partial charge in [-0.2, -0.15) is 0 Å². The van der Waals surface area contributed by atoms with Crippen molar-refractivity contribution in [3.63, 3.8) is 0 Å². The number of hydrogen-bond donors (Lipinski definition) is 0. The molecule has 0 aromatic carbocycles. The maximum absolute atomic E-state index is 12.3. The normalized spacial score (nSPS) is 17.6. The van der Waals surface area contributed by atoms with E-state index in [1.165, 1.54) is 0 Å². The van der Waals surface area contributed by atoms with Crippen molar-refractivity contribution >= 4 is 5.91 Å². The molecule has 2 heterocycles. The lowest BCUT2D eigenvalue weighted by atomic mass is 10.0. The zero-order chi connectivity index (χ0) is 14.7. The second-order valence-corrected chi connectivity index (χ2v) is 5.84.